The van der Waals surface area contributed by atoms with E-state index in [1.807, 2.05) is 0 Å². The maximum Gasteiger partial charge on any atom is 0.157 e. The molecule has 2 fully saturated rings. The van der Waals surface area contributed by atoms with E-state index in [1.165, 1.54) is 24.0 Å². The molecule has 2 atom stereocenters. The first kappa shape index (κ1) is 17.9. The van der Waals surface area contributed by atoms with Gasteiger partial charge in [-0.15, -0.1) is 0 Å². The van der Waals surface area contributed by atoms with Gasteiger partial charge in [0.05, 0.1) is 19.3 Å². The average Bonchev–Trinajstić information content (AvgIpc) is 2.62. The lowest BCUT2D eigenvalue weighted by Gasteiger charge is -2.32. The molecule has 1 aromatic rings. The van der Waals surface area contributed by atoms with Gasteiger partial charge in [0, 0.05) is 12.5 Å². The molecule has 2 saturated heterocycles. The van der Waals surface area contributed by atoms with Gasteiger partial charge in [0.2, 0.25) is 0 Å². The molecule has 3 rings (SSSR count). The average molecular weight is 332 g/mol. The van der Waals surface area contributed by atoms with Gasteiger partial charge in [-0.3, -0.25) is 0 Å². The Kier molecular flexibility index (Phi) is 6.70. The van der Waals surface area contributed by atoms with Crippen molar-refractivity contribution < 1.29 is 14.2 Å². The smallest absolute Gasteiger partial charge is 0.157 e. The first-order valence-corrected chi connectivity index (χ1v) is 9.59. The Bertz CT molecular complexity index is 468. The van der Waals surface area contributed by atoms with Gasteiger partial charge in [-0.2, -0.15) is 0 Å². The fourth-order valence-corrected chi connectivity index (χ4v) is 3.58. The normalized spacial score (nSPS) is 31.1. The monoisotopic (exact) mass is 332 g/mol. The van der Waals surface area contributed by atoms with E-state index in [9.17, 15) is 0 Å². The standard InChI is InChI=1S/C21H32O3/c1-16-3-6-18(7-4-16)9-10-20-14-23-21(24-15-20)12-11-19-8-5-17(2)22-13-19/h3-4,6-7,17,19-21H,5,8-15H2,1-2H3. The molecular weight excluding hydrogens is 300 g/mol. The molecule has 0 saturated carbocycles. The Balaban J connectivity index is 1.30. The maximum atomic E-state index is 5.95. The Morgan fingerprint density at radius 1 is 0.833 bits per heavy atom. The Morgan fingerprint density at radius 2 is 1.54 bits per heavy atom. The zero-order valence-electron chi connectivity index (χ0n) is 15.2. The summed E-state index contributed by atoms with van der Waals surface area (Å²) < 4.78 is 17.6. The minimum absolute atomic E-state index is 0.0000233. The fraction of sp³-hybridized carbons (Fsp3) is 0.714. The molecule has 2 aliphatic rings. The molecule has 0 radical (unpaired) electrons. The predicted molar refractivity (Wildman–Crippen MR) is 96.1 cm³/mol. The third kappa shape index (κ3) is 5.58. The third-order valence-corrected chi connectivity index (χ3v) is 5.41. The second-order valence-electron chi connectivity index (χ2n) is 7.65. The van der Waals surface area contributed by atoms with E-state index in [0.717, 1.165) is 45.5 Å². The van der Waals surface area contributed by atoms with Crippen LogP contribution in [0.1, 0.15) is 50.2 Å². The lowest BCUT2D eigenvalue weighted by atomic mass is 9.94. The second kappa shape index (κ2) is 8.98. The largest absolute Gasteiger partial charge is 0.378 e. The summed E-state index contributed by atoms with van der Waals surface area (Å²) in [4.78, 5) is 0. The molecule has 0 aliphatic carbocycles. The highest BCUT2D eigenvalue weighted by molar-refractivity contribution is 5.21. The molecule has 3 nitrogen and oxygen atoms in total. The number of rotatable bonds is 6. The zero-order chi connectivity index (χ0) is 16.8. The van der Waals surface area contributed by atoms with E-state index in [2.05, 4.69) is 38.1 Å². The Morgan fingerprint density at radius 3 is 2.21 bits per heavy atom. The molecule has 0 N–H and O–H groups in total. The molecule has 0 bridgehead atoms. The van der Waals surface area contributed by atoms with E-state index in [1.54, 1.807) is 0 Å². The summed E-state index contributed by atoms with van der Waals surface area (Å²) in [5.74, 6) is 1.22. The predicted octanol–water partition coefficient (Wildman–Crippen LogP) is 4.51. The summed E-state index contributed by atoms with van der Waals surface area (Å²) in [5, 5.41) is 0. The Labute approximate surface area is 146 Å². The molecule has 2 heterocycles. The topological polar surface area (TPSA) is 27.7 Å². The van der Waals surface area contributed by atoms with Crippen LogP contribution in [-0.2, 0) is 20.6 Å². The van der Waals surface area contributed by atoms with Crippen LogP contribution >= 0.6 is 0 Å². The number of aryl methyl sites for hydroxylation is 2. The van der Waals surface area contributed by atoms with Gasteiger partial charge < -0.3 is 14.2 Å². The molecule has 2 unspecified atom stereocenters. The molecule has 3 heteroatoms. The third-order valence-electron chi connectivity index (χ3n) is 5.41. The molecule has 134 valence electrons. The van der Waals surface area contributed by atoms with Crippen molar-refractivity contribution >= 4 is 0 Å². The lowest BCUT2D eigenvalue weighted by Crippen LogP contribution is -2.33. The summed E-state index contributed by atoms with van der Waals surface area (Å²) in [6, 6.07) is 8.84. The van der Waals surface area contributed by atoms with Crippen LogP contribution in [0, 0.1) is 18.8 Å². The first-order valence-electron chi connectivity index (χ1n) is 9.59. The van der Waals surface area contributed by atoms with Crippen molar-refractivity contribution in [3.05, 3.63) is 35.4 Å². The van der Waals surface area contributed by atoms with Crippen LogP contribution in [-0.4, -0.2) is 32.2 Å². The van der Waals surface area contributed by atoms with Gasteiger partial charge in [0.15, 0.2) is 6.29 Å². The molecule has 0 spiro atoms. The minimum Gasteiger partial charge on any atom is -0.378 e. The number of hydrogen-bond donors (Lipinski definition) is 0. The Hall–Kier alpha value is -0.900. The van der Waals surface area contributed by atoms with Crippen LogP contribution in [0.25, 0.3) is 0 Å². The van der Waals surface area contributed by atoms with Crippen LogP contribution in [0.5, 0.6) is 0 Å². The van der Waals surface area contributed by atoms with E-state index in [-0.39, 0.29) is 6.29 Å². The maximum absolute atomic E-state index is 5.95. The highest BCUT2D eigenvalue weighted by Gasteiger charge is 2.24. The van der Waals surface area contributed by atoms with Crippen LogP contribution in [0.15, 0.2) is 24.3 Å². The molecular formula is C21H32O3. The van der Waals surface area contributed by atoms with Crippen molar-refractivity contribution in [1.29, 1.82) is 0 Å². The summed E-state index contributed by atoms with van der Waals surface area (Å²) in [6.07, 6.45) is 7.34. The minimum atomic E-state index is -0.0000233. The van der Waals surface area contributed by atoms with E-state index in [4.69, 9.17) is 14.2 Å². The fourth-order valence-electron chi connectivity index (χ4n) is 3.58. The van der Waals surface area contributed by atoms with Gasteiger partial charge in [0.25, 0.3) is 0 Å². The van der Waals surface area contributed by atoms with Crippen molar-refractivity contribution in [3.63, 3.8) is 0 Å². The van der Waals surface area contributed by atoms with Crippen molar-refractivity contribution in [2.24, 2.45) is 11.8 Å². The summed E-state index contributed by atoms with van der Waals surface area (Å²) in [6.45, 7) is 6.89. The van der Waals surface area contributed by atoms with Gasteiger partial charge >= 0.3 is 0 Å². The quantitative estimate of drug-likeness (QED) is 0.767. The molecule has 2 aliphatic heterocycles. The van der Waals surface area contributed by atoms with Crippen LogP contribution in [0.2, 0.25) is 0 Å². The van der Waals surface area contributed by atoms with Crippen LogP contribution in [0.4, 0.5) is 0 Å². The van der Waals surface area contributed by atoms with Crippen molar-refractivity contribution in [3.8, 4) is 0 Å². The molecule has 0 amide bonds. The number of ether oxygens (including phenoxy) is 3. The van der Waals surface area contributed by atoms with Gasteiger partial charge in [-0.05, 0) is 63.9 Å². The zero-order valence-corrected chi connectivity index (χ0v) is 15.2. The van der Waals surface area contributed by atoms with Gasteiger partial charge in [-0.25, -0.2) is 0 Å². The molecule has 24 heavy (non-hydrogen) atoms. The number of hydrogen-bond acceptors (Lipinski definition) is 3. The van der Waals surface area contributed by atoms with Gasteiger partial charge in [0.1, 0.15) is 0 Å². The van der Waals surface area contributed by atoms with Crippen molar-refractivity contribution in [1.82, 2.24) is 0 Å². The summed E-state index contributed by atoms with van der Waals surface area (Å²) in [5.41, 5.74) is 2.73. The van der Waals surface area contributed by atoms with E-state index < -0.39 is 0 Å². The lowest BCUT2D eigenvalue weighted by molar-refractivity contribution is -0.205. The highest BCUT2D eigenvalue weighted by Crippen LogP contribution is 2.26. The highest BCUT2D eigenvalue weighted by atomic mass is 16.7. The van der Waals surface area contributed by atoms with E-state index in [0.29, 0.717) is 17.9 Å². The van der Waals surface area contributed by atoms with Crippen molar-refractivity contribution in [2.45, 2.75) is 64.8 Å². The van der Waals surface area contributed by atoms with Gasteiger partial charge in [-0.1, -0.05) is 29.8 Å². The summed E-state index contributed by atoms with van der Waals surface area (Å²) in [7, 11) is 0. The summed E-state index contributed by atoms with van der Waals surface area (Å²) >= 11 is 0. The molecule has 0 aromatic heterocycles. The van der Waals surface area contributed by atoms with Crippen LogP contribution < -0.4 is 0 Å². The molecule has 1 aromatic carbocycles. The van der Waals surface area contributed by atoms with Crippen molar-refractivity contribution in [2.75, 3.05) is 19.8 Å². The first-order chi connectivity index (χ1) is 11.7. The number of benzene rings is 1. The van der Waals surface area contributed by atoms with E-state index >= 15 is 0 Å². The second-order valence-corrected chi connectivity index (χ2v) is 7.65. The van der Waals surface area contributed by atoms with Crippen LogP contribution in [0.3, 0.4) is 0 Å². The SMILES string of the molecule is Cc1ccc(CCC2COC(CCC3CCC(C)OC3)OC2)cc1.